The van der Waals surface area contributed by atoms with Crippen molar-refractivity contribution in [2.24, 2.45) is 10.9 Å². The molecule has 5 rings (SSSR count). The van der Waals surface area contributed by atoms with Crippen LogP contribution in [0.15, 0.2) is 42.0 Å². The molecule has 4 heterocycles. The molecular formula is C23H29N5. The maximum Gasteiger partial charge on any atom is 0.0649 e. The highest BCUT2D eigenvalue weighted by Gasteiger charge is 2.28. The van der Waals surface area contributed by atoms with Gasteiger partial charge in [0.25, 0.3) is 0 Å². The van der Waals surface area contributed by atoms with E-state index in [0.717, 1.165) is 44.7 Å². The Bertz CT molecular complexity index is 888. The van der Waals surface area contributed by atoms with Crippen molar-refractivity contribution in [1.29, 1.82) is 0 Å². The van der Waals surface area contributed by atoms with Gasteiger partial charge < -0.3 is 9.80 Å². The third kappa shape index (κ3) is 3.28. The minimum atomic E-state index is 0.626. The molecule has 0 saturated carbocycles. The van der Waals surface area contributed by atoms with Crippen molar-refractivity contribution in [2.75, 3.05) is 32.7 Å². The Balaban J connectivity index is 1.15. The Morgan fingerprint density at radius 2 is 1.93 bits per heavy atom. The lowest BCUT2D eigenvalue weighted by Gasteiger charge is -2.34. The first-order chi connectivity index (χ1) is 13.8. The number of benzene rings is 1. The maximum atomic E-state index is 4.88. The summed E-state index contributed by atoms with van der Waals surface area (Å²) in [5, 5.41) is 7.34. The van der Waals surface area contributed by atoms with E-state index in [2.05, 4.69) is 50.8 Å². The average Bonchev–Trinajstić information content (AvgIpc) is 3.34. The van der Waals surface area contributed by atoms with E-state index in [-0.39, 0.29) is 0 Å². The van der Waals surface area contributed by atoms with E-state index in [0.29, 0.717) is 5.92 Å². The van der Waals surface area contributed by atoms with Crippen LogP contribution in [-0.4, -0.2) is 58.4 Å². The van der Waals surface area contributed by atoms with Gasteiger partial charge in [-0.3, -0.25) is 10.1 Å². The first kappa shape index (κ1) is 17.7. The SMILES string of the molecule is C=C1c2cn[nH]c2CCCN1CCN1CCC(C2=NCc3ccccc32)CC1. The van der Waals surface area contributed by atoms with Crippen LogP contribution in [0.4, 0.5) is 0 Å². The van der Waals surface area contributed by atoms with Crippen LogP contribution < -0.4 is 0 Å². The molecule has 0 unspecified atom stereocenters. The fraction of sp³-hybridized carbons (Fsp3) is 0.478. The summed E-state index contributed by atoms with van der Waals surface area (Å²) in [6, 6.07) is 8.75. The molecule has 0 bridgehead atoms. The third-order valence-corrected chi connectivity index (χ3v) is 6.64. The number of nitrogens with zero attached hydrogens (tertiary/aromatic N) is 4. The number of H-pyrrole nitrogens is 1. The van der Waals surface area contributed by atoms with Crippen molar-refractivity contribution in [3.8, 4) is 0 Å². The molecule has 3 aliphatic heterocycles. The normalized spacial score (nSPS) is 20.6. The molecule has 1 aromatic heterocycles. The van der Waals surface area contributed by atoms with Crippen LogP contribution in [0, 0.1) is 5.92 Å². The topological polar surface area (TPSA) is 47.5 Å². The van der Waals surface area contributed by atoms with Crippen molar-refractivity contribution in [3.05, 3.63) is 59.4 Å². The summed E-state index contributed by atoms with van der Waals surface area (Å²) in [6.07, 6.45) is 6.61. The molecule has 1 saturated heterocycles. The molecule has 1 aromatic carbocycles. The average molecular weight is 376 g/mol. The Morgan fingerprint density at radius 1 is 1.07 bits per heavy atom. The van der Waals surface area contributed by atoms with E-state index in [1.54, 1.807) is 0 Å². The molecule has 0 amide bonds. The Labute approximate surface area is 167 Å². The summed E-state index contributed by atoms with van der Waals surface area (Å²) in [7, 11) is 0. The molecule has 0 radical (unpaired) electrons. The molecule has 0 atom stereocenters. The maximum absolute atomic E-state index is 4.88. The van der Waals surface area contributed by atoms with E-state index in [1.165, 1.54) is 54.0 Å². The number of aryl methyl sites for hydroxylation is 1. The number of hydrogen-bond acceptors (Lipinski definition) is 4. The van der Waals surface area contributed by atoms with Gasteiger partial charge in [0.2, 0.25) is 0 Å². The molecule has 1 N–H and O–H groups in total. The summed E-state index contributed by atoms with van der Waals surface area (Å²) in [5.41, 5.74) is 7.74. The molecule has 5 heteroatoms. The molecule has 2 aromatic rings. The lowest BCUT2D eigenvalue weighted by molar-refractivity contribution is 0.192. The minimum absolute atomic E-state index is 0.626. The van der Waals surface area contributed by atoms with E-state index >= 15 is 0 Å². The zero-order valence-corrected chi connectivity index (χ0v) is 16.5. The molecule has 146 valence electrons. The molecule has 28 heavy (non-hydrogen) atoms. The predicted octanol–water partition coefficient (Wildman–Crippen LogP) is 3.34. The second-order valence-electron chi connectivity index (χ2n) is 8.27. The van der Waals surface area contributed by atoms with Gasteiger partial charge in [0.15, 0.2) is 0 Å². The van der Waals surface area contributed by atoms with Crippen molar-refractivity contribution < 1.29 is 0 Å². The summed E-state index contributed by atoms with van der Waals surface area (Å²) < 4.78 is 0. The van der Waals surface area contributed by atoms with Crippen LogP contribution in [0.5, 0.6) is 0 Å². The molecule has 1 fully saturated rings. The first-order valence-corrected chi connectivity index (χ1v) is 10.6. The molecule has 5 nitrogen and oxygen atoms in total. The highest BCUT2D eigenvalue weighted by molar-refractivity contribution is 6.05. The van der Waals surface area contributed by atoms with Gasteiger partial charge >= 0.3 is 0 Å². The zero-order valence-electron chi connectivity index (χ0n) is 16.5. The van der Waals surface area contributed by atoms with Gasteiger partial charge in [-0.2, -0.15) is 5.10 Å². The van der Waals surface area contributed by atoms with Crippen molar-refractivity contribution in [2.45, 2.75) is 32.2 Å². The molecular weight excluding hydrogens is 346 g/mol. The summed E-state index contributed by atoms with van der Waals surface area (Å²) >= 11 is 0. The Morgan fingerprint density at radius 3 is 2.82 bits per heavy atom. The number of aromatic amines is 1. The van der Waals surface area contributed by atoms with Crippen LogP contribution in [0.2, 0.25) is 0 Å². The fourth-order valence-electron chi connectivity index (χ4n) is 4.96. The second kappa shape index (κ2) is 7.55. The smallest absolute Gasteiger partial charge is 0.0649 e. The van der Waals surface area contributed by atoms with Crippen LogP contribution in [0.3, 0.4) is 0 Å². The minimum Gasteiger partial charge on any atom is -0.370 e. The van der Waals surface area contributed by atoms with Crippen molar-refractivity contribution >= 4 is 11.4 Å². The first-order valence-electron chi connectivity index (χ1n) is 10.6. The lowest BCUT2D eigenvalue weighted by Crippen LogP contribution is -2.40. The summed E-state index contributed by atoms with van der Waals surface area (Å²) in [5.74, 6) is 0.626. The van der Waals surface area contributed by atoms with Gasteiger partial charge in [-0.1, -0.05) is 30.8 Å². The number of rotatable bonds is 4. The number of nitrogens with one attached hydrogen (secondary N) is 1. The highest BCUT2D eigenvalue weighted by atomic mass is 15.2. The Hall–Kier alpha value is -2.40. The summed E-state index contributed by atoms with van der Waals surface area (Å²) in [4.78, 5) is 9.94. The quantitative estimate of drug-likeness (QED) is 0.892. The van der Waals surface area contributed by atoms with Crippen LogP contribution >= 0.6 is 0 Å². The van der Waals surface area contributed by atoms with Gasteiger partial charge in [0.05, 0.1) is 12.7 Å². The number of aliphatic imine (C=N–C) groups is 1. The Kier molecular flexibility index (Phi) is 4.77. The van der Waals surface area contributed by atoms with E-state index < -0.39 is 0 Å². The molecule has 0 spiro atoms. The van der Waals surface area contributed by atoms with E-state index in [9.17, 15) is 0 Å². The summed E-state index contributed by atoms with van der Waals surface area (Å²) in [6.45, 7) is 10.8. The van der Waals surface area contributed by atoms with Crippen LogP contribution in [0.1, 0.15) is 41.6 Å². The molecule has 3 aliphatic rings. The van der Waals surface area contributed by atoms with E-state index in [1.807, 2.05) is 6.20 Å². The van der Waals surface area contributed by atoms with Gasteiger partial charge in [-0.15, -0.1) is 0 Å². The van der Waals surface area contributed by atoms with Gasteiger partial charge in [-0.25, -0.2) is 0 Å². The third-order valence-electron chi connectivity index (χ3n) is 6.64. The fourth-order valence-corrected chi connectivity index (χ4v) is 4.96. The van der Waals surface area contributed by atoms with E-state index in [4.69, 9.17) is 4.99 Å². The van der Waals surface area contributed by atoms with Gasteiger partial charge in [0.1, 0.15) is 0 Å². The van der Waals surface area contributed by atoms with Crippen molar-refractivity contribution in [1.82, 2.24) is 20.0 Å². The van der Waals surface area contributed by atoms with Gasteiger partial charge in [-0.05, 0) is 44.3 Å². The number of fused-ring (bicyclic) bond motifs is 2. The van der Waals surface area contributed by atoms with Crippen LogP contribution in [0.25, 0.3) is 5.70 Å². The number of piperidine rings is 1. The second-order valence-corrected chi connectivity index (χ2v) is 8.27. The lowest BCUT2D eigenvalue weighted by atomic mass is 9.88. The highest BCUT2D eigenvalue weighted by Crippen LogP contribution is 2.29. The predicted molar refractivity (Wildman–Crippen MR) is 113 cm³/mol. The van der Waals surface area contributed by atoms with Crippen LogP contribution in [-0.2, 0) is 13.0 Å². The number of likely N-dealkylation sites (tertiary alicyclic amines) is 1. The monoisotopic (exact) mass is 375 g/mol. The zero-order chi connectivity index (χ0) is 18.9. The largest absolute Gasteiger partial charge is 0.370 e. The van der Waals surface area contributed by atoms with Gasteiger partial charge in [0, 0.05) is 53.8 Å². The van der Waals surface area contributed by atoms with Crippen molar-refractivity contribution in [3.63, 3.8) is 0 Å². The molecule has 0 aliphatic carbocycles. The standard InChI is InChI=1S/C23H29N5/c1-17-21-16-25-26-22(21)7-4-10-28(17)14-13-27-11-8-18(9-12-27)23-20-6-3-2-5-19(20)15-24-23/h2-3,5-6,16,18H,1,4,7-15H2,(H,25,26). The number of hydrogen-bond donors (Lipinski definition) is 1. The number of aromatic nitrogens is 2.